The molecule has 4 heterocycles. The fourth-order valence-electron chi connectivity index (χ4n) is 4.97. The van der Waals surface area contributed by atoms with Gasteiger partial charge in [-0.15, -0.1) is 0 Å². The summed E-state index contributed by atoms with van der Waals surface area (Å²) in [5.41, 5.74) is 2.29. The summed E-state index contributed by atoms with van der Waals surface area (Å²) in [5.74, 6) is 0.310. The lowest BCUT2D eigenvalue weighted by atomic mass is 9.89. The summed E-state index contributed by atoms with van der Waals surface area (Å²) in [5, 5.41) is 6.27. The molecule has 156 valence electrons. The molecule has 0 atom stereocenters. The van der Waals surface area contributed by atoms with Gasteiger partial charge in [0.1, 0.15) is 29.2 Å². The van der Waals surface area contributed by atoms with Gasteiger partial charge in [0.2, 0.25) is 5.91 Å². The van der Waals surface area contributed by atoms with E-state index >= 15 is 0 Å². The van der Waals surface area contributed by atoms with Crippen LogP contribution in [0.2, 0.25) is 0 Å². The van der Waals surface area contributed by atoms with Crippen LogP contribution in [0, 0.1) is 6.92 Å². The average molecular weight is 408 g/mol. The fourth-order valence-corrected chi connectivity index (χ4v) is 4.97. The van der Waals surface area contributed by atoms with Crippen molar-refractivity contribution in [3.63, 3.8) is 0 Å². The number of carbonyl (C=O) groups excluding carboxylic acids is 2. The second kappa shape index (κ2) is 6.65. The van der Waals surface area contributed by atoms with Crippen molar-refractivity contribution < 1.29 is 9.59 Å². The molecule has 5 rings (SSSR count). The molecule has 2 aromatic heterocycles. The summed E-state index contributed by atoms with van der Waals surface area (Å²) in [4.78, 5) is 48.3. The zero-order chi connectivity index (χ0) is 21.0. The van der Waals surface area contributed by atoms with Gasteiger partial charge in [0.25, 0.3) is 11.5 Å². The van der Waals surface area contributed by atoms with Gasteiger partial charge >= 0.3 is 0 Å². The van der Waals surface area contributed by atoms with Crippen LogP contribution < -0.4 is 16.2 Å². The maximum Gasteiger partial charge on any atom is 0.276 e. The minimum atomic E-state index is -0.636. The number of rotatable bonds is 2. The number of hydrogen-bond donors (Lipinski definition) is 2. The Balaban J connectivity index is 1.58. The Bertz CT molecular complexity index is 1130. The molecule has 1 fully saturated rings. The summed E-state index contributed by atoms with van der Waals surface area (Å²) >= 11 is 0. The molecule has 3 aliphatic rings. The Morgan fingerprint density at radius 2 is 1.93 bits per heavy atom. The molecule has 2 amide bonds. The number of pyridine rings is 1. The number of aromatic nitrogens is 3. The van der Waals surface area contributed by atoms with E-state index in [0.29, 0.717) is 30.3 Å². The molecule has 1 spiro atoms. The monoisotopic (exact) mass is 408 g/mol. The minimum absolute atomic E-state index is 0.0313. The van der Waals surface area contributed by atoms with Gasteiger partial charge in [0, 0.05) is 12.5 Å². The van der Waals surface area contributed by atoms with Crippen molar-refractivity contribution in [1.82, 2.24) is 24.8 Å². The minimum Gasteiger partial charge on any atom is -0.335 e. The van der Waals surface area contributed by atoms with Crippen LogP contribution in [0.5, 0.6) is 0 Å². The SMILES string of the molecule is CC(=O)N1Cc2ncnc(Nc3cc(C)c4n(c3=O)C3(CCCCC3)NC4=O)c2C1. The summed E-state index contributed by atoms with van der Waals surface area (Å²) in [6.07, 6.45) is 6.01. The normalized spacial score (nSPS) is 18.9. The Labute approximate surface area is 173 Å². The maximum absolute atomic E-state index is 13.5. The molecule has 0 bridgehead atoms. The van der Waals surface area contributed by atoms with E-state index in [0.717, 1.165) is 48.9 Å². The van der Waals surface area contributed by atoms with Crippen LogP contribution in [-0.4, -0.2) is 31.2 Å². The van der Waals surface area contributed by atoms with Gasteiger partial charge < -0.3 is 15.5 Å². The predicted molar refractivity (Wildman–Crippen MR) is 109 cm³/mol. The molecule has 2 aromatic rings. The van der Waals surface area contributed by atoms with E-state index in [4.69, 9.17) is 0 Å². The lowest BCUT2D eigenvalue weighted by Gasteiger charge is -2.35. The van der Waals surface area contributed by atoms with E-state index in [9.17, 15) is 14.4 Å². The van der Waals surface area contributed by atoms with Gasteiger partial charge in [0.05, 0.1) is 18.8 Å². The largest absolute Gasteiger partial charge is 0.335 e. The highest BCUT2D eigenvalue weighted by atomic mass is 16.2. The van der Waals surface area contributed by atoms with Crippen molar-refractivity contribution in [1.29, 1.82) is 0 Å². The molecule has 9 nitrogen and oxygen atoms in total. The van der Waals surface area contributed by atoms with E-state index in [2.05, 4.69) is 20.6 Å². The second-order valence-electron chi connectivity index (χ2n) is 8.42. The third-order valence-corrected chi connectivity index (χ3v) is 6.48. The number of fused-ring (bicyclic) bond motifs is 3. The van der Waals surface area contributed by atoms with Crippen LogP contribution >= 0.6 is 0 Å². The molecular formula is C21H24N6O3. The summed E-state index contributed by atoms with van der Waals surface area (Å²) in [7, 11) is 0. The Hall–Kier alpha value is -3.23. The van der Waals surface area contributed by atoms with E-state index in [1.807, 2.05) is 6.92 Å². The number of anilines is 2. The highest BCUT2D eigenvalue weighted by Crippen LogP contribution is 2.37. The quantitative estimate of drug-likeness (QED) is 0.786. The van der Waals surface area contributed by atoms with Crippen molar-refractivity contribution in [2.24, 2.45) is 0 Å². The van der Waals surface area contributed by atoms with Crippen molar-refractivity contribution >= 4 is 23.3 Å². The van der Waals surface area contributed by atoms with Crippen LogP contribution in [0.15, 0.2) is 17.2 Å². The lowest BCUT2D eigenvalue weighted by molar-refractivity contribution is -0.129. The van der Waals surface area contributed by atoms with Crippen LogP contribution in [0.4, 0.5) is 11.5 Å². The zero-order valence-electron chi connectivity index (χ0n) is 17.1. The molecule has 0 aromatic carbocycles. The number of nitrogens with zero attached hydrogens (tertiary/aromatic N) is 4. The average Bonchev–Trinajstić information content (AvgIpc) is 3.27. The van der Waals surface area contributed by atoms with E-state index < -0.39 is 5.66 Å². The number of carbonyl (C=O) groups is 2. The standard InChI is InChI=1S/C21H24N6O3/c1-12-8-15(24-18-14-9-26(13(2)28)10-16(14)22-11-23-18)20(30)27-17(12)19(29)25-21(27)6-4-3-5-7-21/h8,11H,3-7,9-10H2,1-2H3,(H,25,29)(H,22,23,24). The number of amides is 2. The fraction of sp³-hybridized carbons (Fsp3) is 0.476. The molecule has 1 saturated carbocycles. The van der Waals surface area contributed by atoms with Crippen LogP contribution in [-0.2, 0) is 23.5 Å². The molecule has 1 aliphatic carbocycles. The van der Waals surface area contributed by atoms with E-state index in [-0.39, 0.29) is 17.4 Å². The van der Waals surface area contributed by atoms with Gasteiger partial charge in [-0.3, -0.25) is 19.0 Å². The molecule has 0 radical (unpaired) electrons. The van der Waals surface area contributed by atoms with E-state index in [1.54, 1.807) is 15.5 Å². The van der Waals surface area contributed by atoms with Crippen LogP contribution in [0.3, 0.4) is 0 Å². The Morgan fingerprint density at radius 1 is 1.17 bits per heavy atom. The zero-order valence-corrected chi connectivity index (χ0v) is 17.1. The first-order valence-electron chi connectivity index (χ1n) is 10.3. The van der Waals surface area contributed by atoms with Gasteiger partial charge in [-0.2, -0.15) is 0 Å². The molecule has 0 unspecified atom stereocenters. The van der Waals surface area contributed by atoms with Crippen molar-refractivity contribution in [3.8, 4) is 0 Å². The van der Waals surface area contributed by atoms with E-state index in [1.165, 1.54) is 13.3 Å². The summed E-state index contributed by atoms with van der Waals surface area (Å²) < 4.78 is 1.66. The van der Waals surface area contributed by atoms with Crippen LogP contribution in [0.25, 0.3) is 0 Å². The molecule has 2 aliphatic heterocycles. The third-order valence-electron chi connectivity index (χ3n) is 6.48. The first-order valence-corrected chi connectivity index (χ1v) is 10.3. The highest BCUT2D eigenvalue weighted by molar-refractivity contribution is 5.97. The molecule has 30 heavy (non-hydrogen) atoms. The second-order valence-corrected chi connectivity index (χ2v) is 8.42. The Morgan fingerprint density at radius 3 is 2.67 bits per heavy atom. The summed E-state index contributed by atoms with van der Waals surface area (Å²) in [6, 6.07) is 1.71. The lowest BCUT2D eigenvalue weighted by Crippen LogP contribution is -2.48. The Kier molecular flexibility index (Phi) is 4.16. The topological polar surface area (TPSA) is 109 Å². The molecule has 2 N–H and O–H groups in total. The van der Waals surface area contributed by atoms with Gasteiger partial charge in [0.15, 0.2) is 0 Å². The third kappa shape index (κ3) is 2.72. The number of hydrogen-bond acceptors (Lipinski definition) is 6. The molecular weight excluding hydrogens is 384 g/mol. The first-order chi connectivity index (χ1) is 14.4. The molecule has 9 heteroatoms. The van der Waals surface area contributed by atoms with Crippen molar-refractivity contribution in [3.05, 3.63) is 45.3 Å². The maximum atomic E-state index is 13.5. The predicted octanol–water partition coefficient (Wildman–Crippen LogP) is 1.91. The first kappa shape index (κ1) is 18.8. The smallest absolute Gasteiger partial charge is 0.276 e. The summed E-state index contributed by atoms with van der Waals surface area (Å²) in [6.45, 7) is 4.21. The van der Waals surface area contributed by atoms with Gasteiger partial charge in [-0.25, -0.2) is 9.97 Å². The number of nitrogens with one attached hydrogen (secondary N) is 2. The van der Waals surface area contributed by atoms with Gasteiger partial charge in [-0.05, 0) is 44.2 Å². The highest BCUT2D eigenvalue weighted by Gasteiger charge is 2.45. The van der Waals surface area contributed by atoms with Crippen molar-refractivity contribution in [2.75, 3.05) is 5.32 Å². The van der Waals surface area contributed by atoms with Gasteiger partial charge in [-0.1, -0.05) is 6.42 Å². The number of aryl methyl sites for hydroxylation is 1. The van der Waals surface area contributed by atoms with Crippen LogP contribution in [0.1, 0.15) is 66.3 Å². The van der Waals surface area contributed by atoms with Crippen molar-refractivity contribution in [2.45, 2.75) is 64.7 Å². The molecule has 0 saturated heterocycles.